The van der Waals surface area contributed by atoms with Crippen LogP contribution in [-0.2, 0) is 16.1 Å². The number of piperidine rings is 1. The summed E-state index contributed by atoms with van der Waals surface area (Å²) in [6, 6.07) is 11.9. The Labute approximate surface area is 136 Å². The molecule has 1 amide bonds. The molecule has 2 heterocycles. The highest BCUT2D eigenvalue weighted by Crippen LogP contribution is 2.23. The van der Waals surface area contributed by atoms with Crippen molar-refractivity contribution in [2.24, 2.45) is 0 Å². The van der Waals surface area contributed by atoms with Crippen LogP contribution in [0.4, 0.5) is 11.4 Å². The Morgan fingerprint density at radius 2 is 2.00 bits per heavy atom. The van der Waals surface area contributed by atoms with E-state index in [1.54, 1.807) is 7.11 Å². The van der Waals surface area contributed by atoms with Crippen LogP contribution in [0.1, 0.15) is 12.8 Å². The minimum Gasteiger partial charge on any atom is -0.380 e. The van der Waals surface area contributed by atoms with Crippen molar-refractivity contribution in [1.82, 2.24) is 4.57 Å². The second-order valence-corrected chi connectivity index (χ2v) is 5.90. The predicted molar refractivity (Wildman–Crippen MR) is 91.7 cm³/mol. The molecule has 1 fully saturated rings. The molecule has 1 aromatic heterocycles. The van der Waals surface area contributed by atoms with Gasteiger partial charge in [-0.1, -0.05) is 0 Å². The molecular formula is C18H23N3O2. The number of carbonyl (C=O) groups is 1. The van der Waals surface area contributed by atoms with E-state index in [-0.39, 0.29) is 5.91 Å². The van der Waals surface area contributed by atoms with E-state index >= 15 is 0 Å². The van der Waals surface area contributed by atoms with Gasteiger partial charge in [-0.3, -0.25) is 4.79 Å². The third-order valence-corrected chi connectivity index (χ3v) is 4.22. The van der Waals surface area contributed by atoms with Crippen LogP contribution in [-0.4, -0.2) is 36.8 Å². The molecule has 1 unspecified atom stereocenters. The van der Waals surface area contributed by atoms with E-state index in [0.29, 0.717) is 12.6 Å². The van der Waals surface area contributed by atoms with Gasteiger partial charge in [0, 0.05) is 44.0 Å². The third-order valence-electron chi connectivity index (χ3n) is 4.22. The standard InChI is InChI=1S/C18H23N3O2/c1-23-17-5-4-12-21(13-17)16-8-6-15(7-9-16)19-18(22)14-20-10-2-3-11-20/h2-3,6-11,17H,4-5,12-14H2,1H3,(H,19,22). The van der Waals surface area contributed by atoms with Gasteiger partial charge in [-0.15, -0.1) is 0 Å². The van der Waals surface area contributed by atoms with Crippen molar-refractivity contribution in [2.75, 3.05) is 30.4 Å². The molecule has 5 nitrogen and oxygen atoms in total. The van der Waals surface area contributed by atoms with Gasteiger partial charge in [0.05, 0.1) is 6.10 Å². The van der Waals surface area contributed by atoms with Gasteiger partial charge in [0.2, 0.25) is 5.91 Å². The second kappa shape index (κ2) is 7.33. The van der Waals surface area contributed by atoms with E-state index in [2.05, 4.69) is 22.3 Å². The van der Waals surface area contributed by atoms with Gasteiger partial charge in [-0.05, 0) is 49.2 Å². The number of carbonyl (C=O) groups excluding carboxylic acids is 1. The normalized spacial score (nSPS) is 18.0. The van der Waals surface area contributed by atoms with Crippen molar-refractivity contribution in [2.45, 2.75) is 25.5 Å². The average molecular weight is 313 g/mol. The maximum absolute atomic E-state index is 12.0. The molecule has 1 aliphatic heterocycles. The van der Waals surface area contributed by atoms with E-state index in [4.69, 9.17) is 4.74 Å². The number of nitrogens with zero attached hydrogens (tertiary/aromatic N) is 2. The molecule has 1 N–H and O–H groups in total. The Hall–Kier alpha value is -2.27. The monoisotopic (exact) mass is 313 g/mol. The van der Waals surface area contributed by atoms with Gasteiger partial charge in [0.25, 0.3) is 0 Å². The number of methoxy groups -OCH3 is 1. The number of hydrogen-bond donors (Lipinski definition) is 1. The highest BCUT2D eigenvalue weighted by molar-refractivity contribution is 5.90. The van der Waals surface area contributed by atoms with Crippen molar-refractivity contribution in [3.05, 3.63) is 48.8 Å². The summed E-state index contributed by atoms with van der Waals surface area (Å²) in [5, 5.41) is 2.93. The quantitative estimate of drug-likeness (QED) is 0.923. The Morgan fingerprint density at radius 3 is 2.70 bits per heavy atom. The molecule has 0 aliphatic carbocycles. The molecule has 1 atom stereocenters. The molecule has 0 radical (unpaired) electrons. The van der Waals surface area contributed by atoms with Crippen LogP contribution in [0.15, 0.2) is 48.8 Å². The third kappa shape index (κ3) is 4.13. The lowest BCUT2D eigenvalue weighted by Crippen LogP contribution is -2.39. The lowest BCUT2D eigenvalue weighted by atomic mass is 10.1. The summed E-state index contributed by atoms with van der Waals surface area (Å²) in [6.45, 7) is 2.31. The Bertz CT molecular complexity index is 622. The Balaban J connectivity index is 1.57. The molecule has 3 rings (SSSR count). The van der Waals surface area contributed by atoms with Gasteiger partial charge in [0.1, 0.15) is 6.54 Å². The maximum atomic E-state index is 12.0. The number of hydrogen-bond acceptors (Lipinski definition) is 3. The van der Waals surface area contributed by atoms with Crippen molar-refractivity contribution < 1.29 is 9.53 Å². The van der Waals surface area contributed by atoms with Gasteiger partial charge in [-0.25, -0.2) is 0 Å². The maximum Gasteiger partial charge on any atom is 0.244 e. The van der Waals surface area contributed by atoms with Crippen LogP contribution in [0.5, 0.6) is 0 Å². The summed E-state index contributed by atoms with van der Waals surface area (Å²) in [4.78, 5) is 14.3. The first-order valence-corrected chi connectivity index (χ1v) is 8.03. The molecule has 0 saturated carbocycles. The van der Waals surface area contributed by atoms with Gasteiger partial charge < -0.3 is 19.5 Å². The number of nitrogens with one attached hydrogen (secondary N) is 1. The number of aromatic nitrogens is 1. The zero-order valence-corrected chi connectivity index (χ0v) is 13.4. The molecule has 1 aromatic carbocycles. The van der Waals surface area contributed by atoms with Crippen LogP contribution in [0.25, 0.3) is 0 Å². The summed E-state index contributed by atoms with van der Waals surface area (Å²) < 4.78 is 7.32. The van der Waals surface area contributed by atoms with Crippen molar-refractivity contribution in [3.63, 3.8) is 0 Å². The number of benzene rings is 1. The molecule has 122 valence electrons. The zero-order chi connectivity index (χ0) is 16.1. The SMILES string of the molecule is COC1CCCN(c2ccc(NC(=O)Cn3cccc3)cc2)C1. The molecule has 23 heavy (non-hydrogen) atoms. The number of anilines is 2. The average Bonchev–Trinajstić information content (AvgIpc) is 3.08. The Kier molecular flexibility index (Phi) is 4.98. The van der Waals surface area contributed by atoms with Gasteiger partial charge >= 0.3 is 0 Å². The van der Waals surface area contributed by atoms with E-state index in [1.165, 1.54) is 5.69 Å². The molecule has 2 aromatic rings. The van der Waals surface area contributed by atoms with Crippen molar-refractivity contribution >= 4 is 17.3 Å². The van der Waals surface area contributed by atoms with Crippen LogP contribution >= 0.6 is 0 Å². The van der Waals surface area contributed by atoms with E-state index < -0.39 is 0 Å². The highest BCUT2D eigenvalue weighted by atomic mass is 16.5. The summed E-state index contributed by atoms with van der Waals surface area (Å²) in [6.07, 6.45) is 6.34. The van der Waals surface area contributed by atoms with E-state index in [1.807, 2.05) is 41.2 Å². The lowest BCUT2D eigenvalue weighted by molar-refractivity contribution is -0.116. The fourth-order valence-electron chi connectivity index (χ4n) is 2.96. The minimum absolute atomic E-state index is 0.0219. The lowest BCUT2D eigenvalue weighted by Gasteiger charge is -2.33. The molecule has 0 spiro atoms. The van der Waals surface area contributed by atoms with E-state index in [0.717, 1.165) is 31.6 Å². The molecule has 5 heteroatoms. The number of amides is 1. The minimum atomic E-state index is -0.0219. The second-order valence-electron chi connectivity index (χ2n) is 5.90. The van der Waals surface area contributed by atoms with Crippen molar-refractivity contribution in [1.29, 1.82) is 0 Å². The van der Waals surface area contributed by atoms with E-state index in [9.17, 15) is 4.79 Å². The summed E-state index contributed by atoms with van der Waals surface area (Å²) in [7, 11) is 1.78. The summed E-state index contributed by atoms with van der Waals surface area (Å²) in [5.74, 6) is -0.0219. The zero-order valence-electron chi connectivity index (χ0n) is 13.4. The predicted octanol–water partition coefficient (Wildman–Crippen LogP) is 2.74. The fourth-order valence-corrected chi connectivity index (χ4v) is 2.96. The first kappa shape index (κ1) is 15.6. The molecular weight excluding hydrogens is 290 g/mol. The molecule has 1 saturated heterocycles. The topological polar surface area (TPSA) is 46.5 Å². The first-order valence-electron chi connectivity index (χ1n) is 8.03. The summed E-state index contributed by atoms with van der Waals surface area (Å²) >= 11 is 0. The fraction of sp³-hybridized carbons (Fsp3) is 0.389. The van der Waals surface area contributed by atoms with Crippen LogP contribution < -0.4 is 10.2 Å². The molecule has 1 aliphatic rings. The smallest absolute Gasteiger partial charge is 0.244 e. The van der Waals surface area contributed by atoms with Crippen molar-refractivity contribution in [3.8, 4) is 0 Å². The first-order chi connectivity index (χ1) is 11.2. The summed E-state index contributed by atoms with van der Waals surface area (Å²) in [5.41, 5.74) is 2.00. The van der Waals surface area contributed by atoms with Crippen LogP contribution in [0, 0.1) is 0 Å². The van der Waals surface area contributed by atoms with Gasteiger partial charge in [-0.2, -0.15) is 0 Å². The highest BCUT2D eigenvalue weighted by Gasteiger charge is 2.19. The van der Waals surface area contributed by atoms with Crippen LogP contribution in [0.3, 0.4) is 0 Å². The molecule has 0 bridgehead atoms. The largest absolute Gasteiger partial charge is 0.380 e. The Morgan fingerprint density at radius 1 is 1.26 bits per heavy atom. The number of rotatable bonds is 5. The number of ether oxygens (including phenoxy) is 1. The van der Waals surface area contributed by atoms with Crippen LogP contribution in [0.2, 0.25) is 0 Å². The van der Waals surface area contributed by atoms with Gasteiger partial charge in [0.15, 0.2) is 0 Å².